The van der Waals surface area contributed by atoms with E-state index in [0.717, 1.165) is 21.6 Å². The van der Waals surface area contributed by atoms with Gasteiger partial charge in [0.1, 0.15) is 4.21 Å². The number of rotatable bonds is 7. The van der Waals surface area contributed by atoms with Gasteiger partial charge in [-0.25, -0.2) is 27.3 Å². The number of fused-ring (bicyclic) bond motifs is 1. The molecule has 0 spiro atoms. The molecule has 0 aliphatic carbocycles. The second-order valence-corrected chi connectivity index (χ2v) is 12.0. The summed E-state index contributed by atoms with van der Waals surface area (Å²) in [5, 5.41) is 11.6. The van der Waals surface area contributed by atoms with Gasteiger partial charge in [0.05, 0.1) is 33.2 Å². The molecule has 0 radical (unpaired) electrons. The zero-order valence-corrected chi connectivity index (χ0v) is 22.2. The highest BCUT2D eigenvalue weighted by molar-refractivity contribution is 7.92. The third-order valence-corrected chi connectivity index (χ3v) is 8.81. The summed E-state index contributed by atoms with van der Waals surface area (Å²) in [7, 11) is -4.09. The van der Waals surface area contributed by atoms with E-state index in [-0.39, 0.29) is 19.9 Å². The predicted octanol–water partition coefficient (Wildman–Crippen LogP) is 3.37. The topological polar surface area (TPSA) is 168 Å². The van der Waals surface area contributed by atoms with Gasteiger partial charge in [0.25, 0.3) is 15.6 Å². The van der Waals surface area contributed by atoms with Gasteiger partial charge in [0.15, 0.2) is 0 Å². The molecular weight excluding hydrogens is 574 g/mol. The van der Waals surface area contributed by atoms with Crippen LogP contribution >= 0.6 is 34.5 Å². The average Bonchev–Trinajstić information content (AvgIpc) is 3.55. The van der Waals surface area contributed by atoms with Gasteiger partial charge in [-0.3, -0.25) is 4.79 Å². The summed E-state index contributed by atoms with van der Waals surface area (Å²) in [4.78, 5) is 40.8. The molecule has 5 rings (SSSR count). The number of urea groups is 1. The maximum absolute atomic E-state index is 13.1. The van der Waals surface area contributed by atoms with E-state index in [4.69, 9.17) is 11.6 Å². The summed E-state index contributed by atoms with van der Waals surface area (Å²) in [6.07, 6.45) is 0. The lowest BCUT2D eigenvalue weighted by molar-refractivity contribution is 0.256. The van der Waals surface area contributed by atoms with E-state index in [2.05, 4.69) is 25.2 Å². The molecular formula is C22H16ClN7O5S3. The van der Waals surface area contributed by atoms with Crippen molar-refractivity contribution in [3.63, 3.8) is 0 Å². The van der Waals surface area contributed by atoms with E-state index >= 15 is 0 Å². The number of aromatic nitrogens is 4. The van der Waals surface area contributed by atoms with Gasteiger partial charge in [-0.05, 0) is 66.1 Å². The molecule has 4 N–H and O–H groups in total. The molecule has 0 aliphatic rings. The van der Waals surface area contributed by atoms with Crippen molar-refractivity contribution in [1.82, 2.24) is 23.9 Å². The van der Waals surface area contributed by atoms with Gasteiger partial charge in [-0.1, -0.05) is 16.1 Å². The second kappa shape index (κ2) is 10.4. The fourth-order valence-electron chi connectivity index (χ4n) is 3.48. The highest BCUT2D eigenvalue weighted by atomic mass is 35.5. The number of sulfonamides is 1. The lowest BCUT2D eigenvalue weighted by atomic mass is 10.2. The van der Waals surface area contributed by atoms with E-state index < -0.39 is 27.3 Å². The van der Waals surface area contributed by atoms with Crippen molar-refractivity contribution in [2.45, 2.75) is 10.8 Å². The number of benzene rings is 2. The van der Waals surface area contributed by atoms with Crippen LogP contribution in [0.25, 0.3) is 16.6 Å². The summed E-state index contributed by atoms with van der Waals surface area (Å²) in [6, 6.07) is 12.4. The van der Waals surface area contributed by atoms with Gasteiger partial charge in [-0.15, -0.1) is 16.4 Å². The Balaban J connectivity index is 1.33. The van der Waals surface area contributed by atoms with Gasteiger partial charge >= 0.3 is 11.7 Å². The minimum absolute atomic E-state index is 0.109. The fraction of sp³-hybridized carbons (Fsp3) is 0.0455. The quantitative estimate of drug-likeness (QED) is 0.224. The van der Waals surface area contributed by atoms with Crippen LogP contribution in [0, 0.1) is 0 Å². The first-order valence-electron chi connectivity index (χ1n) is 10.7. The van der Waals surface area contributed by atoms with Crippen LogP contribution < -0.4 is 26.6 Å². The largest absolute Gasteiger partial charge is 0.379 e. The smallest absolute Gasteiger partial charge is 0.333 e. The Morgan fingerprint density at radius 3 is 2.50 bits per heavy atom. The molecule has 3 heterocycles. The number of hydrogen-bond acceptors (Lipinski definition) is 10. The van der Waals surface area contributed by atoms with Crippen LogP contribution in [0.1, 0.15) is 5.69 Å². The molecule has 0 saturated carbocycles. The molecule has 5 aromatic rings. The van der Waals surface area contributed by atoms with Crippen molar-refractivity contribution in [3.8, 4) is 5.69 Å². The number of halogens is 1. The van der Waals surface area contributed by atoms with Gasteiger partial charge in [0, 0.05) is 16.8 Å². The lowest BCUT2D eigenvalue weighted by Crippen LogP contribution is -2.34. The minimum Gasteiger partial charge on any atom is -0.379 e. The Hall–Kier alpha value is -4.05. The van der Waals surface area contributed by atoms with Crippen molar-refractivity contribution in [1.29, 1.82) is 0 Å². The van der Waals surface area contributed by atoms with Gasteiger partial charge < -0.3 is 15.6 Å². The molecule has 3 aromatic heterocycles. The van der Waals surface area contributed by atoms with Crippen LogP contribution in [-0.4, -0.2) is 33.6 Å². The highest BCUT2D eigenvalue weighted by Gasteiger charge is 2.20. The predicted molar refractivity (Wildman–Crippen MR) is 146 cm³/mol. The fourth-order valence-corrected chi connectivity index (χ4v) is 6.32. The van der Waals surface area contributed by atoms with E-state index in [1.54, 1.807) is 18.2 Å². The molecule has 12 nitrogen and oxygen atoms in total. The summed E-state index contributed by atoms with van der Waals surface area (Å²) < 4.78 is 31.4. The number of nitrogens with one attached hydrogen (secondary N) is 4. The second-order valence-electron chi connectivity index (χ2n) is 7.75. The molecule has 2 aromatic carbocycles. The number of carbonyl (C=O) groups excluding carboxylic acids is 1. The first-order chi connectivity index (χ1) is 18.2. The van der Waals surface area contributed by atoms with Gasteiger partial charge in [-0.2, -0.15) is 0 Å². The minimum atomic E-state index is -4.09. The molecule has 0 unspecified atom stereocenters. The number of amides is 2. The number of H-pyrrole nitrogens is 1. The molecule has 0 aliphatic heterocycles. The standard InChI is InChI=1S/C22H16ClN7O5S3/c23-18-7-8-19(37-18)38(34,35)28-21(32)25-12-1-4-15(5-2-12)30-20(31)16-6-3-13(9-17(16)26-22(30)33)24-10-14-11-36-29-27-14/h1-9,11,24H,10H2,(H,26,33)(H2,25,28,32). The SMILES string of the molecule is O=C(Nc1ccc(-n2c(=O)[nH]c3cc(NCc4csnn4)ccc3c2=O)cc1)NS(=O)(=O)c1ccc(Cl)s1. The Morgan fingerprint density at radius 1 is 1.05 bits per heavy atom. The summed E-state index contributed by atoms with van der Waals surface area (Å²) in [5.74, 6) is 0. The molecule has 38 heavy (non-hydrogen) atoms. The number of carbonyl (C=O) groups is 1. The van der Waals surface area contributed by atoms with E-state index in [9.17, 15) is 22.8 Å². The van der Waals surface area contributed by atoms with Gasteiger partial charge in [0.2, 0.25) is 0 Å². The van der Waals surface area contributed by atoms with Crippen molar-refractivity contribution in [2.24, 2.45) is 0 Å². The molecule has 0 fully saturated rings. The van der Waals surface area contributed by atoms with Crippen molar-refractivity contribution < 1.29 is 13.2 Å². The summed E-state index contributed by atoms with van der Waals surface area (Å²) >= 11 is 7.81. The van der Waals surface area contributed by atoms with Crippen LogP contribution in [0.3, 0.4) is 0 Å². The zero-order valence-electron chi connectivity index (χ0n) is 19.0. The molecule has 0 atom stereocenters. The normalized spacial score (nSPS) is 11.4. The number of aromatic amines is 1. The Kier molecular flexibility index (Phi) is 6.98. The summed E-state index contributed by atoms with van der Waals surface area (Å²) in [6.45, 7) is 0.441. The van der Waals surface area contributed by atoms with Crippen LogP contribution in [0.2, 0.25) is 4.34 Å². The zero-order chi connectivity index (χ0) is 26.9. The monoisotopic (exact) mass is 589 g/mol. The molecule has 16 heteroatoms. The van der Waals surface area contributed by atoms with E-state index in [1.165, 1.54) is 47.9 Å². The first kappa shape index (κ1) is 25.6. The van der Waals surface area contributed by atoms with E-state index in [1.807, 2.05) is 10.1 Å². The first-order valence-corrected chi connectivity index (χ1v) is 14.2. The van der Waals surface area contributed by atoms with E-state index in [0.29, 0.717) is 23.1 Å². The number of hydrogen-bond donors (Lipinski definition) is 4. The Morgan fingerprint density at radius 2 is 1.82 bits per heavy atom. The summed E-state index contributed by atoms with van der Waals surface area (Å²) in [5.41, 5.74) is 1.13. The molecule has 0 bridgehead atoms. The molecule has 194 valence electrons. The average molecular weight is 590 g/mol. The molecule has 0 saturated heterocycles. The molecule has 2 amide bonds. The highest BCUT2D eigenvalue weighted by Crippen LogP contribution is 2.25. The van der Waals surface area contributed by atoms with Crippen LogP contribution in [0.5, 0.6) is 0 Å². The van der Waals surface area contributed by atoms with Crippen LogP contribution in [0.4, 0.5) is 16.2 Å². The van der Waals surface area contributed by atoms with Crippen LogP contribution in [-0.2, 0) is 16.6 Å². The maximum Gasteiger partial charge on any atom is 0.333 e. The van der Waals surface area contributed by atoms with Crippen LogP contribution in [0.15, 0.2) is 73.8 Å². The van der Waals surface area contributed by atoms with Crippen molar-refractivity contribution in [3.05, 3.63) is 90.8 Å². The van der Waals surface area contributed by atoms with Crippen molar-refractivity contribution >= 4 is 72.8 Å². The lowest BCUT2D eigenvalue weighted by Gasteiger charge is -2.10. The number of nitrogens with zero attached hydrogens (tertiary/aromatic N) is 3. The Bertz CT molecular complexity index is 1860. The third kappa shape index (κ3) is 5.45. The Labute approximate surface area is 227 Å². The number of thiophene rings is 1. The maximum atomic E-state index is 13.1. The number of anilines is 2. The third-order valence-electron chi connectivity index (χ3n) is 5.20. The van der Waals surface area contributed by atoms with Crippen molar-refractivity contribution in [2.75, 3.05) is 10.6 Å².